The van der Waals surface area contributed by atoms with E-state index in [-0.39, 0.29) is 18.6 Å². The third-order valence-electron chi connectivity index (χ3n) is 3.75. The molecule has 0 aliphatic carbocycles. The van der Waals surface area contributed by atoms with Gasteiger partial charge in [-0.05, 0) is 37.0 Å². The lowest BCUT2D eigenvalue weighted by atomic mass is 9.99. The van der Waals surface area contributed by atoms with Crippen molar-refractivity contribution in [1.29, 1.82) is 0 Å². The molecule has 0 bridgehead atoms. The number of nitrogens with zero attached hydrogens (tertiary/aromatic N) is 2. The number of aliphatic hydroxyl groups excluding tert-OH is 1. The van der Waals surface area contributed by atoms with Gasteiger partial charge in [0.05, 0.1) is 10.7 Å². The van der Waals surface area contributed by atoms with Gasteiger partial charge in [-0.3, -0.25) is 0 Å². The number of carbonyl (C=O) groups is 1. The SMILES string of the molecule is CN(C)c1ccc(NC(=O)N2CCCC(CO)C2)cc1Cl. The summed E-state index contributed by atoms with van der Waals surface area (Å²) in [4.78, 5) is 15.9. The molecule has 1 aromatic rings. The lowest BCUT2D eigenvalue weighted by Crippen LogP contribution is -2.43. The number of halogens is 1. The number of urea groups is 1. The Morgan fingerprint density at radius 1 is 1.52 bits per heavy atom. The maximum absolute atomic E-state index is 12.2. The molecule has 0 spiro atoms. The monoisotopic (exact) mass is 311 g/mol. The van der Waals surface area contributed by atoms with Gasteiger partial charge in [0.15, 0.2) is 0 Å². The molecule has 2 amide bonds. The lowest BCUT2D eigenvalue weighted by molar-refractivity contribution is 0.136. The number of hydrogen-bond acceptors (Lipinski definition) is 3. The highest BCUT2D eigenvalue weighted by Crippen LogP contribution is 2.27. The summed E-state index contributed by atoms with van der Waals surface area (Å²) in [5, 5.41) is 12.7. The minimum atomic E-state index is -0.137. The van der Waals surface area contributed by atoms with Crippen molar-refractivity contribution in [1.82, 2.24) is 4.90 Å². The smallest absolute Gasteiger partial charge is 0.321 e. The second kappa shape index (κ2) is 7.00. The van der Waals surface area contributed by atoms with Crippen LogP contribution in [0.25, 0.3) is 0 Å². The number of nitrogens with one attached hydrogen (secondary N) is 1. The maximum Gasteiger partial charge on any atom is 0.321 e. The van der Waals surface area contributed by atoms with Gasteiger partial charge in [-0.2, -0.15) is 0 Å². The van der Waals surface area contributed by atoms with E-state index in [1.807, 2.05) is 31.1 Å². The molecule has 1 heterocycles. The van der Waals surface area contributed by atoms with Gasteiger partial charge in [0.25, 0.3) is 0 Å². The Morgan fingerprint density at radius 2 is 2.29 bits per heavy atom. The number of benzene rings is 1. The van der Waals surface area contributed by atoms with E-state index in [9.17, 15) is 9.90 Å². The fraction of sp³-hybridized carbons (Fsp3) is 0.533. The second-order valence-electron chi connectivity index (χ2n) is 5.63. The summed E-state index contributed by atoms with van der Waals surface area (Å²) in [6.07, 6.45) is 1.91. The normalized spacial score (nSPS) is 18.5. The molecule has 1 aliphatic rings. The number of hydrogen-bond donors (Lipinski definition) is 2. The summed E-state index contributed by atoms with van der Waals surface area (Å²) in [5.74, 6) is 0.184. The van der Waals surface area contributed by atoms with Gasteiger partial charge >= 0.3 is 6.03 Å². The van der Waals surface area contributed by atoms with Crippen LogP contribution in [0.15, 0.2) is 18.2 Å². The maximum atomic E-state index is 12.2. The number of rotatable bonds is 3. The molecule has 1 atom stereocenters. The minimum Gasteiger partial charge on any atom is -0.396 e. The molecule has 0 aromatic heterocycles. The Kier molecular flexibility index (Phi) is 5.31. The molecule has 0 saturated carbocycles. The third-order valence-corrected chi connectivity index (χ3v) is 4.05. The quantitative estimate of drug-likeness (QED) is 0.902. The van der Waals surface area contributed by atoms with Crippen molar-refractivity contribution in [2.45, 2.75) is 12.8 Å². The van der Waals surface area contributed by atoms with Gasteiger partial charge in [-0.25, -0.2) is 4.79 Å². The van der Waals surface area contributed by atoms with Crippen molar-refractivity contribution in [3.63, 3.8) is 0 Å². The van der Waals surface area contributed by atoms with E-state index in [1.165, 1.54) is 0 Å². The van der Waals surface area contributed by atoms with Crippen LogP contribution in [0.5, 0.6) is 0 Å². The average Bonchev–Trinajstić information content (AvgIpc) is 2.47. The standard InChI is InChI=1S/C15H22ClN3O2/c1-18(2)14-6-5-12(8-13(14)16)17-15(21)19-7-3-4-11(9-19)10-20/h5-6,8,11,20H,3-4,7,9-10H2,1-2H3,(H,17,21). The van der Waals surface area contributed by atoms with E-state index in [0.29, 0.717) is 17.3 Å². The molecule has 1 aromatic carbocycles. The molecule has 6 heteroatoms. The van der Waals surface area contributed by atoms with Crippen molar-refractivity contribution < 1.29 is 9.90 Å². The van der Waals surface area contributed by atoms with Crippen molar-refractivity contribution >= 4 is 29.0 Å². The number of anilines is 2. The predicted molar refractivity (Wildman–Crippen MR) is 86.2 cm³/mol. The molecule has 1 fully saturated rings. The lowest BCUT2D eigenvalue weighted by Gasteiger charge is -2.31. The van der Waals surface area contributed by atoms with Crippen molar-refractivity contribution in [3.05, 3.63) is 23.2 Å². The molecule has 21 heavy (non-hydrogen) atoms. The summed E-state index contributed by atoms with van der Waals surface area (Å²) in [6, 6.07) is 5.33. The van der Waals surface area contributed by atoms with E-state index in [2.05, 4.69) is 5.32 Å². The molecule has 0 radical (unpaired) electrons. The molecular weight excluding hydrogens is 290 g/mol. The summed E-state index contributed by atoms with van der Waals surface area (Å²) in [6.45, 7) is 1.46. The number of amides is 2. The molecule has 116 valence electrons. The van der Waals surface area contributed by atoms with Crippen LogP contribution in [0.1, 0.15) is 12.8 Å². The van der Waals surface area contributed by atoms with E-state index in [1.54, 1.807) is 11.0 Å². The van der Waals surface area contributed by atoms with Gasteiger partial charge in [-0.15, -0.1) is 0 Å². The van der Waals surface area contributed by atoms with E-state index < -0.39 is 0 Å². The highest BCUT2D eigenvalue weighted by molar-refractivity contribution is 6.33. The highest BCUT2D eigenvalue weighted by atomic mass is 35.5. The van der Waals surface area contributed by atoms with Crippen LogP contribution >= 0.6 is 11.6 Å². The largest absolute Gasteiger partial charge is 0.396 e. The van der Waals surface area contributed by atoms with Gasteiger partial charge in [0.2, 0.25) is 0 Å². The Labute approximate surface area is 130 Å². The first kappa shape index (κ1) is 15.9. The zero-order chi connectivity index (χ0) is 15.4. The fourth-order valence-electron chi connectivity index (χ4n) is 2.55. The molecule has 2 rings (SSSR count). The highest BCUT2D eigenvalue weighted by Gasteiger charge is 2.23. The number of likely N-dealkylation sites (tertiary alicyclic amines) is 1. The van der Waals surface area contributed by atoms with Crippen LogP contribution in [0.4, 0.5) is 16.2 Å². The summed E-state index contributed by atoms with van der Waals surface area (Å²) in [7, 11) is 3.84. The topological polar surface area (TPSA) is 55.8 Å². The summed E-state index contributed by atoms with van der Waals surface area (Å²) in [5.41, 5.74) is 1.59. The van der Waals surface area contributed by atoms with Crippen LogP contribution < -0.4 is 10.2 Å². The number of piperidine rings is 1. The molecule has 1 unspecified atom stereocenters. The Hall–Kier alpha value is -1.46. The Balaban J connectivity index is 2.01. The predicted octanol–water partition coefficient (Wildman–Crippen LogP) is 2.64. The Morgan fingerprint density at radius 3 is 2.90 bits per heavy atom. The molecular formula is C15H22ClN3O2. The fourth-order valence-corrected chi connectivity index (χ4v) is 2.90. The number of carbonyl (C=O) groups excluding carboxylic acids is 1. The molecule has 1 saturated heterocycles. The van der Waals surface area contributed by atoms with Gasteiger partial charge < -0.3 is 20.2 Å². The molecule has 2 N–H and O–H groups in total. The Bertz CT molecular complexity index is 508. The van der Waals surface area contributed by atoms with Crippen LogP contribution in [-0.4, -0.2) is 49.8 Å². The second-order valence-corrected chi connectivity index (χ2v) is 6.03. The first-order chi connectivity index (χ1) is 10.0. The van der Waals surface area contributed by atoms with Gasteiger partial charge in [0, 0.05) is 39.5 Å². The minimum absolute atomic E-state index is 0.132. The molecule has 5 nitrogen and oxygen atoms in total. The van der Waals surface area contributed by atoms with Crippen LogP contribution in [0, 0.1) is 5.92 Å². The van der Waals surface area contributed by atoms with Gasteiger partial charge in [-0.1, -0.05) is 11.6 Å². The zero-order valence-corrected chi connectivity index (χ0v) is 13.2. The first-order valence-electron chi connectivity index (χ1n) is 7.15. The van der Waals surface area contributed by atoms with Gasteiger partial charge in [0.1, 0.15) is 0 Å². The van der Waals surface area contributed by atoms with Crippen molar-refractivity contribution in [3.8, 4) is 0 Å². The van der Waals surface area contributed by atoms with Crippen molar-refractivity contribution in [2.24, 2.45) is 5.92 Å². The van der Waals surface area contributed by atoms with E-state index in [0.717, 1.165) is 25.1 Å². The summed E-state index contributed by atoms with van der Waals surface area (Å²) < 4.78 is 0. The van der Waals surface area contributed by atoms with Crippen molar-refractivity contribution in [2.75, 3.05) is 44.0 Å². The average molecular weight is 312 g/mol. The summed E-state index contributed by atoms with van der Waals surface area (Å²) >= 11 is 6.20. The van der Waals surface area contributed by atoms with E-state index in [4.69, 9.17) is 11.6 Å². The van der Waals surface area contributed by atoms with Crippen LogP contribution in [0.2, 0.25) is 5.02 Å². The third kappa shape index (κ3) is 4.02. The van der Waals surface area contributed by atoms with Crippen LogP contribution in [-0.2, 0) is 0 Å². The first-order valence-corrected chi connectivity index (χ1v) is 7.52. The van der Waals surface area contributed by atoms with Crippen LogP contribution in [0.3, 0.4) is 0 Å². The molecule has 1 aliphatic heterocycles. The number of aliphatic hydroxyl groups is 1. The van der Waals surface area contributed by atoms with E-state index >= 15 is 0 Å². The zero-order valence-electron chi connectivity index (χ0n) is 12.5.